The summed E-state index contributed by atoms with van der Waals surface area (Å²) in [6.07, 6.45) is -1.18. The zero-order valence-electron chi connectivity index (χ0n) is 26.9. The number of carboxylic acids is 1. The molecule has 244 valence electrons. The quantitative estimate of drug-likeness (QED) is 0.164. The first kappa shape index (κ1) is 43.9. The third-order valence-corrected chi connectivity index (χ3v) is 6.50. The Hall–Kier alpha value is -1.57. The molecule has 0 heterocycles. The van der Waals surface area contributed by atoms with E-state index in [1.54, 1.807) is 39.5 Å². The predicted octanol–water partition coefficient (Wildman–Crippen LogP) is 6.28. The molecule has 4 N–H and O–H groups in total. The maximum absolute atomic E-state index is 11.5. The van der Waals surface area contributed by atoms with Crippen molar-refractivity contribution in [3.8, 4) is 0 Å². The Bertz CT molecular complexity index is 788. The van der Waals surface area contributed by atoms with Gasteiger partial charge in [0.25, 0.3) is 0 Å². The molecule has 0 unspecified atom stereocenters. The molecule has 0 aromatic rings. The molecule has 0 aliphatic carbocycles. The highest BCUT2D eigenvalue weighted by Crippen LogP contribution is 2.24. The van der Waals surface area contributed by atoms with Crippen LogP contribution in [0.4, 0.5) is 14.4 Å². The first-order chi connectivity index (χ1) is 18.2. The fraction of sp³-hybridized carbons (Fsp3) is 0.852. The van der Waals surface area contributed by atoms with Crippen LogP contribution in [0.1, 0.15) is 90.0 Å². The van der Waals surface area contributed by atoms with Crippen molar-refractivity contribution in [2.75, 3.05) is 24.7 Å². The standard InChI is InChI=1S/C12H23NO4S.C12H25NO3S.C3H5ClO2/c1-11(2,3)17-10(16)13-8(9(14)15)7-18-12(4,5)6;1-11(2,3)16-10(15)13-9(7-14)8-17-12(4,5)6;1-2-6-3(4)5/h8H,7H2,1-6H3,(H,13,16)(H,14,15);9,14H,7-8H2,1-6H3,(H,13,15);2H2,1H3/t8-;9-;/m10./s1. The highest BCUT2D eigenvalue weighted by atomic mass is 35.5. The summed E-state index contributed by atoms with van der Waals surface area (Å²) < 4.78 is 14.4. The van der Waals surface area contributed by atoms with E-state index < -0.39 is 40.8 Å². The lowest BCUT2D eigenvalue weighted by molar-refractivity contribution is -0.138. The summed E-state index contributed by atoms with van der Waals surface area (Å²) in [4.78, 5) is 43.6. The molecule has 14 heteroatoms. The van der Waals surface area contributed by atoms with Gasteiger partial charge in [0, 0.05) is 32.6 Å². The number of carbonyl (C=O) groups is 4. The van der Waals surface area contributed by atoms with Crippen LogP contribution in [0, 0.1) is 0 Å². The fourth-order valence-electron chi connectivity index (χ4n) is 2.04. The third kappa shape index (κ3) is 36.4. The molecule has 0 fully saturated rings. The summed E-state index contributed by atoms with van der Waals surface area (Å²) in [5, 5.41) is 23.2. The van der Waals surface area contributed by atoms with E-state index in [1.165, 1.54) is 11.8 Å². The molecule has 0 spiro atoms. The van der Waals surface area contributed by atoms with Crippen LogP contribution in [0.2, 0.25) is 0 Å². The molecule has 2 atom stereocenters. The van der Waals surface area contributed by atoms with Gasteiger partial charge in [-0.15, -0.1) is 0 Å². The average Bonchev–Trinajstić information content (AvgIpc) is 2.70. The molecule has 0 aromatic heterocycles. The lowest BCUT2D eigenvalue weighted by Gasteiger charge is -2.25. The summed E-state index contributed by atoms with van der Waals surface area (Å²) in [6, 6.07) is -1.21. The van der Waals surface area contributed by atoms with Crippen LogP contribution in [0.5, 0.6) is 0 Å². The molecule has 0 rings (SSSR count). The molecule has 0 aromatic carbocycles. The van der Waals surface area contributed by atoms with Gasteiger partial charge in [-0.1, -0.05) is 41.5 Å². The van der Waals surface area contributed by atoms with Crippen molar-refractivity contribution in [3.63, 3.8) is 0 Å². The number of aliphatic hydroxyl groups is 1. The SMILES string of the molecule is CC(C)(C)OC(=O)N[C@@H](CO)CSC(C)(C)C.CC(C)(C)OC(=O)N[C@H](CSC(C)(C)C)C(=O)O.CCOC(=O)Cl. The normalized spacial score (nSPS) is 13.1. The predicted molar refractivity (Wildman–Crippen MR) is 168 cm³/mol. The van der Waals surface area contributed by atoms with Crippen LogP contribution in [0.15, 0.2) is 0 Å². The Labute approximate surface area is 259 Å². The number of halogens is 1. The van der Waals surface area contributed by atoms with E-state index in [9.17, 15) is 24.3 Å². The van der Waals surface area contributed by atoms with Crippen molar-refractivity contribution in [2.24, 2.45) is 0 Å². The minimum atomic E-state index is -1.06. The lowest BCUT2D eigenvalue weighted by Crippen LogP contribution is -2.45. The Morgan fingerprint density at radius 3 is 1.41 bits per heavy atom. The maximum atomic E-state index is 11.5. The molecular weight excluding hydrogens is 596 g/mol. The topological polar surface area (TPSA) is 160 Å². The maximum Gasteiger partial charge on any atom is 0.408 e. The van der Waals surface area contributed by atoms with Gasteiger partial charge in [0.2, 0.25) is 0 Å². The second-order valence-electron chi connectivity index (χ2n) is 12.6. The Morgan fingerprint density at radius 1 is 0.756 bits per heavy atom. The number of nitrogens with one attached hydrogen (secondary N) is 2. The lowest BCUT2D eigenvalue weighted by atomic mass is 10.2. The van der Waals surface area contributed by atoms with E-state index in [1.807, 2.05) is 41.5 Å². The van der Waals surface area contributed by atoms with Gasteiger partial charge < -0.3 is 35.1 Å². The van der Waals surface area contributed by atoms with Crippen molar-refractivity contribution < 1.29 is 43.6 Å². The first-order valence-corrected chi connectivity index (χ1v) is 15.5. The first-order valence-electron chi connectivity index (χ1n) is 13.1. The number of ether oxygens (including phenoxy) is 3. The molecule has 0 aliphatic rings. The summed E-state index contributed by atoms with van der Waals surface area (Å²) in [6.45, 7) is 24.8. The summed E-state index contributed by atoms with van der Waals surface area (Å²) >= 11 is 7.89. The van der Waals surface area contributed by atoms with Gasteiger partial charge in [-0.2, -0.15) is 23.5 Å². The van der Waals surface area contributed by atoms with Crippen molar-refractivity contribution in [2.45, 2.75) is 123 Å². The fourth-order valence-corrected chi connectivity index (χ4v) is 3.93. The van der Waals surface area contributed by atoms with Gasteiger partial charge in [0.05, 0.1) is 19.3 Å². The van der Waals surface area contributed by atoms with Crippen LogP contribution in [-0.4, -0.2) is 91.3 Å². The molecule has 0 radical (unpaired) electrons. The number of aliphatic carboxylic acids is 1. The Balaban J connectivity index is -0.000000588. The average molecular weight is 649 g/mol. The second kappa shape index (κ2) is 20.4. The summed E-state index contributed by atoms with van der Waals surface area (Å²) in [7, 11) is 0. The highest BCUT2D eigenvalue weighted by Gasteiger charge is 2.26. The van der Waals surface area contributed by atoms with E-state index in [0.29, 0.717) is 18.1 Å². The van der Waals surface area contributed by atoms with Crippen molar-refractivity contribution in [1.29, 1.82) is 0 Å². The molecule has 11 nitrogen and oxygen atoms in total. The number of hydrogen-bond donors (Lipinski definition) is 4. The number of alkyl carbamates (subject to hydrolysis) is 2. The van der Waals surface area contributed by atoms with Gasteiger partial charge in [-0.25, -0.2) is 19.2 Å². The van der Waals surface area contributed by atoms with Crippen molar-refractivity contribution in [3.05, 3.63) is 0 Å². The van der Waals surface area contributed by atoms with E-state index in [-0.39, 0.29) is 22.1 Å². The Kier molecular flexibility index (Phi) is 21.8. The van der Waals surface area contributed by atoms with Crippen LogP contribution in [0.3, 0.4) is 0 Å². The third-order valence-electron chi connectivity index (χ3n) is 3.59. The molecule has 41 heavy (non-hydrogen) atoms. The molecular formula is C27H53ClN2O9S2. The minimum absolute atomic E-state index is 0.0523. The number of aliphatic hydroxyl groups excluding tert-OH is 1. The van der Waals surface area contributed by atoms with Gasteiger partial charge in [0.15, 0.2) is 0 Å². The molecule has 2 amide bonds. The molecule has 0 saturated carbocycles. The minimum Gasteiger partial charge on any atom is -0.480 e. The Morgan fingerprint density at radius 2 is 1.15 bits per heavy atom. The van der Waals surface area contributed by atoms with Crippen LogP contribution >= 0.6 is 35.1 Å². The van der Waals surface area contributed by atoms with E-state index in [4.69, 9.17) is 26.2 Å². The zero-order valence-corrected chi connectivity index (χ0v) is 29.3. The molecule has 0 bridgehead atoms. The van der Waals surface area contributed by atoms with Crippen LogP contribution < -0.4 is 10.6 Å². The monoisotopic (exact) mass is 648 g/mol. The smallest absolute Gasteiger partial charge is 0.408 e. The number of carboxylic acid groups (broad SMARTS) is 1. The van der Waals surface area contributed by atoms with Crippen LogP contribution in [-0.2, 0) is 19.0 Å². The van der Waals surface area contributed by atoms with Gasteiger partial charge in [-0.05, 0) is 48.5 Å². The molecule has 0 aliphatic heterocycles. The van der Waals surface area contributed by atoms with Gasteiger partial charge in [0.1, 0.15) is 17.2 Å². The van der Waals surface area contributed by atoms with E-state index >= 15 is 0 Å². The zero-order chi connectivity index (χ0) is 33.2. The van der Waals surface area contributed by atoms with Crippen molar-refractivity contribution in [1.82, 2.24) is 10.6 Å². The number of rotatable bonds is 9. The summed E-state index contributed by atoms with van der Waals surface area (Å²) in [5.41, 5.74) is -1.89. The van der Waals surface area contributed by atoms with Gasteiger partial charge in [-0.3, -0.25) is 0 Å². The largest absolute Gasteiger partial charge is 0.480 e. The van der Waals surface area contributed by atoms with E-state index in [0.717, 1.165) is 0 Å². The van der Waals surface area contributed by atoms with Crippen molar-refractivity contribution >= 4 is 58.7 Å². The number of hydrogen-bond acceptors (Lipinski definition) is 10. The summed E-state index contributed by atoms with van der Waals surface area (Å²) in [5.74, 6) is -0.0882. The van der Waals surface area contributed by atoms with Crippen LogP contribution in [0.25, 0.3) is 0 Å². The van der Waals surface area contributed by atoms with E-state index in [2.05, 4.69) is 36.1 Å². The number of amides is 2. The van der Waals surface area contributed by atoms with Gasteiger partial charge >= 0.3 is 23.6 Å². The number of thioether (sulfide) groups is 2. The molecule has 0 saturated heterocycles. The second-order valence-corrected chi connectivity index (χ2v) is 16.6. The number of carbonyl (C=O) groups excluding carboxylic acids is 3. The highest BCUT2D eigenvalue weighted by molar-refractivity contribution is 8.00.